The molecule has 0 amide bonds. The summed E-state index contributed by atoms with van der Waals surface area (Å²) in [6.45, 7) is 3.40. The zero-order valence-corrected chi connectivity index (χ0v) is 16.7. The maximum absolute atomic E-state index is 10.9. The molecular weight excluding hydrogens is 344 g/mol. The lowest BCUT2D eigenvalue weighted by Gasteiger charge is -2.14. The molecule has 0 aromatic carbocycles. The number of hydrogen-bond acceptors (Lipinski definition) is 5. The second kappa shape index (κ2) is 15.6. The van der Waals surface area contributed by atoms with Crippen molar-refractivity contribution in [2.24, 2.45) is 0 Å². The Kier molecular flexibility index (Phi) is 15.2. The number of unbranched alkanes of at least 4 members (excludes halogenated alkanes) is 12. The van der Waals surface area contributed by atoms with Crippen molar-refractivity contribution in [2.45, 2.75) is 110 Å². The Bertz CT molecular complexity index is 421. The predicted molar refractivity (Wildman–Crippen MR) is 98.5 cm³/mol. The molecule has 1 unspecified atom stereocenters. The van der Waals surface area contributed by atoms with Gasteiger partial charge in [-0.05, 0) is 6.42 Å². The van der Waals surface area contributed by atoms with Gasteiger partial charge < -0.3 is 4.74 Å². The normalized spacial score (nSPS) is 12.9. The van der Waals surface area contributed by atoms with Crippen molar-refractivity contribution in [1.82, 2.24) is 0 Å². The molecule has 0 saturated carbocycles. The molecule has 1 N–H and O–H groups in total. The molecule has 0 aliphatic rings. The van der Waals surface area contributed by atoms with E-state index in [1.807, 2.05) is 0 Å². The van der Waals surface area contributed by atoms with E-state index in [2.05, 4.69) is 11.1 Å². The molecule has 7 heteroatoms. The Hall–Kier alpha value is -0.660. The lowest BCUT2D eigenvalue weighted by atomic mass is 10.0. The predicted octanol–water partition coefficient (Wildman–Crippen LogP) is 5.18. The molecule has 25 heavy (non-hydrogen) atoms. The van der Waals surface area contributed by atoms with Crippen molar-refractivity contribution in [1.29, 1.82) is 0 Å². The molecule has 0 bridgehead atoms. The summed E-state index contributed by atoms with van der Waals surface area (Å²) in [4.78, 5) is 10.9. The lowest BCUT2D eigenvalue weighted by Crippen LogP contribution is -2.23. The Balaban J connectivity index is 3.52. The van der Waals surface area contributed by atoms with Crippen LogP contribution in [0.4, 0.5) is 0 Å². The van der Waals surface area contributed by atoms with Gasteiger partial charge in [0.2, 0.25) is 6.29 Å². The zero-order chi connectivity index (χ0) is 19.0. The number of carbonyl (C=O) groups excluding carboxylic acids is 1. The number of hydrogen-bond donors (Lipinski definition) is 1. The Morgan fingerprint density at radius 2 is 1.24 bits per heavy atom. The van der Waals surface area contributed by atoms with Crippen molar-refractivity contribution in [3.8, 4) is 0 Å². The fourth-order valence-electron chi connectivity index (χ4n) is 2.78. The van der Waals surface area contributed by atoms with Crippen LogP contribution in [0.2, 0.25) is 0 Å². The van der Waals surface area contributed by atoms with E-state index in [0.717, 1.165) is 19.3 Å². The highest BCUT2D eigenvalue weighted by Crippen LogP contribution is 2.15. The minimum atomic E-state index is -4.61. The lowest BCUT2D eigenvalue weighted by molar-refractivity contribution is -0.161. The van der Waals surface area contributed by atoms with E-state index in [1.54, 1.807) is 0 Å². The molecule has 0 radical (unpaired) electrons. The first-order chi connectivity index (χ1) is 11.8. The van der Waals surface area contributed by atoms with Gasteiger partial charge in [0, 0.05) is 13.3 Å². The third-order valence-electron chi connectivity index (χ3n) is 4.07. The van der Waals surface area contributed by atoms with E-state index in [1.165, 1.54) is 64.7 Å². The summed E-state index contributed by atoms with van der Waals surface area (Å²) < 4.78 is 39.1. The summed E-state index contributed by atoms with van der Waals surface area (Å²) >= 11 is 0. The van der Waals surface area contributed by atoms with Crippen LogP contribution in [0.25, 0.3) is 0 Å². The molecule has 0 aromatic heterocycles. The molecule has 0 aromatic rings. The highest BCUT2D eigenvalue weighted by atomic mass is 32.3. The summed E-state index contributed by atoms with van der Waals surface area (Å²) in [5, 5.41) is 0. The molecule has 0 heterocycles. The maximum Gasteiger partial charge on any atom is 0.400 e. The van der Waals surface area contributed by atoms with Gasteiger partial charge in [-0.1, -0.05) is 84.0 Å². The Morgan fingerprint density at radius 1 is 0.840 bits per heavy atom. The van der Waals surface area contributed by atoms with Gasteiger partial charge in [0.1, 0.15) is 0 Å². The van der Waals surface area contributed by atoms with Gasteiger partial charge in [-0.15, -0.1) is 0 Å². The second-order valence-electron chi connectivity index (χ2n) is 6.59. The van der Waals surface area contributed by atoms with Crippen LogP contribution in [-0.4, -0.2) is 25.2 Å². The average molecular weight is 381 g/mol. The van der Waals surface area contributed by atoms with Gasteiger partial charge in [-0.3, -0.25) is 9.35 Å². The molecular formula is C18H36O6S. The van der Waals surface area contributed by atoms with Crippen LogP contribution in [0.15, 0.2) is 0 Å². The first kappa shape index (κ1) is 24.3. The molecule has 6 nitrogen and oxygen atoms in total. The summed E-state index contributed by atoms with van der Waals surface area (Å²) in [5.41, 5.74) is 0. The molecule has 0 saturated heterocycles. The second-order valence-corrected chi connectivity index (χ2v) is 7.64. The van der Waals surface area contributed by atoms with Gasteiger partial charge in [-0.2, -0.15) is 8.42 Å². The van der Waals surface area contributed by atoms with Crippen LogP contribution in [0.3, 0.4) is 0 Å². The van der Waals surface area contributed by atoms with Crippen molar-refractivity contribution in [3.63, 3.8) is 0 Å². The minimum Gasteiger partial charge on any atom is -0.435 e. The topological polar surface area (TPSA) is 89.9 Å². The molecule has 1 atom stereocenters. The average Bonchev–Trinajstić information content (AvgIpc) is 2.49. The Morgan fingerprint density at radius 3 is 1.60 bits per heavy atom. The van der Waals surface area contributed by atoms with Crippen molar-refractivity contribution in [3.05, 3.63) is 0 Å². The van der Waals surface area contributed by atoms with E-state index < -0.39 is 22.7 Å². The first-order valence-electron chi connectivity index (χ1n) is 9.68. The summed E-state index contributed by atoms with van der Waals surface area (Å²) in [7, 11) is -4.61. The quantitative estimate of drug-likeness (QED) is 0.162. The summed E-state index contributed by atoms with van der Waals surface area (Å²) in [6, 6.07) is 0. The first-order valence-corrected chi connectivity index (χ1v) is 11.0. The maximum atomic E-state index is 10.9. The Labute approximate surface area is 153 Å². The molecule has 0 spiro atoms. The zero-order valence-electron chi connectivity index (χ0n) is 15.9. The standard InChI is InChI=1S/C18H36O6S/c1-3-4-5-6-7-8-9-10-11-12-13-14-15-16-18(23-17(2)19)24-25(20,21)22/h18H,3-16H2,1-2H3,(H,20,21,22). The van der Waals surface area contributed by atoms with Crippen LogP contribution < -0.4 is 0 Å². The van der Waals surface area contributed by atoms with Crippen LogP contribution in [0, 0.1) is 0 Å². The summed E-state index contributed by atoms with van der Waals surface area (Å²) in [5.74, 6) is -0.636. The molecule has 150 valence electrons. The van der Waals surface area contributed by atoms with E-state index in [9.17, 15) is 13.2 Å². The third-order valence-corrected chi connectivity index (χ3v) is 4.53. The van der Waals surface area contributed by atoms with E-state index in [4.69, 9.17) is 9.29 Å². The molecule has 0 aliphatic carbocycles. The number of carbonyl (C=O) groups is 1. The van der Waals surface area contributed by atoms with E-state index >= 15 is 0 Å². The van der Waals surface area contributed by atoms with Gasteiger partial charge in [0.05, 0.1) is 0 Å². The molecule has 0 rings (SSSR count). The minimum absolute atomic E-state index is 0.261. The third kappa shape index (κ3) is 19.5. The van der Waals surface area contributed by atoms with Crippen LogP contribution in [-0.2, 0) is 24.1 Å². The van der Waals surface area contributed by atoms with Gasteiger partial charge in [0.25, 0.3) is 0 Å². The number of rotatable bonds is 17. The van der Waals surface area contributed by atoms with Gasteiger partial charge >= 0.3 is 16.4 Å². The van der Waals surface area contributed by atoms with Crippen LogP contribution >= 0.6 is 0 Å². The fraction of sp³-hybridized carbons (Fsp3) is 0.944. The van der Waals surface area contributed by atoms with Crippen molar-refractivity contribution < 1.29 is 26.7 Å². The monoisotopic (exact) mass is 380 g/mol. The van der Waals surface area contributed by atoms with E-state index in [0.29, 0.717) is 6.42 Å². The largest absolute Gasteiger partial charge is 0.435 e. The van der Waals surface area contributed by atoms with Crippen molar-refractivity contribution >= 4 is 16.4 Å². The van der Waals surface area contributed by atoms with Crippen LogP contribution in [0.1, 0.15) is 104 Å². The smallest absolute Gasteiger partial charge is 0.400 e. The summed E-state index contributed by atoms with van der Waals surface area (Å²) in [6.07, 6.45) is 14.7. The fourth-order valence-corrected chi connectivity index (χ4v) is 3.18. The highest BCUT2D eigenvalue weighted by molar-refractivity contribution is 7.80. The van der Waals surface area contributed by atoms with Crippen molar-refractivity contribution in [2.75, 3.05) is 0 Å². The highest BCUT2D eigenvalue weighted by Gasteiger charge is 2.19. The molecule has 0 fully saturated rings. The number of esters is 1. The molecule has 0 aliphatic heterocycles. The SMILES string of the molecule is CCCCCCCCCCCCCCCC(OC(C)=O)OS(=O)(=O)O. The van der Waals surface area contributed by atoms with Gasteiger partial charge in [0.15, 0.2) is 0 Å². The van der Waals surface area contributed by atoms with Crippen LogP contribution in [0.5, 0.6) is 0 Å². The van der Waals surface area contributed by atoms with E-state index in [-0.39, 0.29) is 6.42 Å². The number of ether oxygens (including phenoxy) is 1. The van der Waals surface area contributed by atoms with Gasteiger partial charge in [-0.25, -0.2) is 4.18 Å².